The Bertz CT molecular complexity index is 138. The highest BCUT2D eigenvalue weighted by molar-refractivity contribution is 7.18. The fourth-order valence-electron chi connectivity index (χ4n) is 1.35. The van der Waals surface area contributed by atoms with E-state index in [1.54, 1.807) is 0 Å². The minimum atomic E-state index is -0.104. The van der Waals surface area contributed by atoms with Crippen LogP contribution >= 0.6 is 9.24 Å². The van der Waals surface area contributed by atoms with Crippen LogP contribution < -0.4 is 5.32 Å². The molecule has 0 aromatic rings. The molecule has 0 aliphatic heterocycles. The molecule has 0 rings (SSSR count). The summed E-state index contributed by atoms with van der Waals surface area (Å²) in [6.45, 7) is 8.30. The molecule has 0 radical (unpaired) electrons. The van der Waals surface area contributed by atoms with Gasteiger partial charge in [-0.25, -0.2) is 0 Å². The van der Waals surface area contributed by atoms with Gasteiger partial charge in [-0.1, -0.05) is 13.8 Å². The first-order valence-corrected chi connectivity index (χ1v) is 4.35. The van der Waals surface area contributed by atoms with Gasteiger partial charge in [0.05, 0.1) is 0 Å². The molecule has 11 heavy (non-hydrogen) atoms. The van der Waals surface area contributed by atoms with E-state index in [-0.39, 0.29) is 10.7 Å². The first kappa shape index (κ1) is 10.9. The first-order valence-electron chi connectivity index (χ1n) is 3.77. The zero-order valence-electron chi connectivity index (χ0n) is 7.77. The van der Waals surface area contributed by atoms with Gasteiger partial charge in [-0.15, -0.1) is 9.24 Å². The molecule has 2 nitrogen and oxygen atoms in total. The lowest BCUT2D eigenvalue weighted by molar-refractivity contribution is -0.111. The van der Waals surface area contributed by atoms with Crippen LogP contribution in [-0.2, 0) is 4.79 Å². The van der Waals surface area contributed by atoms with Crippen molar-refractivity contribution in [2.45, 2.75) is 44.8 Å². The van der Waals surface area contributed by atoms with Crippen molar-refractivity contribution in [3.8, 4) is 0 Å². The first-order chi connectivity index (χ1) is 4.77. The Balaban J connectivity index is 4.00. The lowest BCUT2D eigenvalue weighted by atomic mass is 9.92. The maximum absolute atomic E-state index is 10.2. The standard InChI is InChI=1S/C8H18NOP/c1-7(2,9-6-10)5-8(3,4)11/h6H,5,11H2,1-4H3,(H,9,10). The third-order valence-corrected chi connectivity index (χ3v) is 1.55. The number of nitrogens with one attached hydrogen (secondary N) is 1. The average molecular weight is 175 g/mol. The number of hydrogen-bond acceptors (Lipinski definition) is 1. The van der Waals surface area contributed by atoms with Crippen LogP contribution in [0.1, 0.15) is 34.1 Å². The van der Waals surface area contributed by atoms with Crippen molar-refractivity contribution >= 4 is 15.6 Å². The summed E-state index contributed by atoms with van der Waals surface area (Å²) in [6, 6.07) is 0. The van der Waals surface area contributed by atoms with E-state index in [2.05, 4.69) is 28.4 Å². The summed E-state index contributed by atoms with van der Waals surface area (Å²) in [5.41, 5.74) is -0.104. The van der Waals surface area contributed by atoms with Gasteiger partial charge < -0.3 is 5.32 Å². The maximum Gasteiger partial charge on any atom is 0.207 e. The van der Waals surface area contributed by atoms with Gasteiger partial charge in [0, 0.05) is 5.54 Å². The van der Waals surface area contributed by atoms with Crippen molar-refractivity contribution in [2.75, 3.05) is 0 Å². The number of carbonyl (C=O) groups is 1. The van der Waals surface area contributed by atoms with E-state index in [4.69, 9.17) is 0 Å². The van der Waals surface area contributed by atoms with Crippen LogP contribution in [0.4, 0.5) is 0 Å². The van der Waals surface area contributed by atoms with E-state index in [0.717, 1.165) is 12.8 Å². The predicted molar refractivity (Wildman–Crippen MR) is 51.7 cm³/mol. The molecule has 0 saturated carbocycles. The van der Waals surface area contributed by atoms with Gasteiger partial charge in [0.1, 0.15) is 0 Å². The number of amides is 1. The summed E-state index contributed by atoms with van der Waals surface area (Å²) in [6.07, 6.45) is 1.71. The third kappa shape index (κ3) is 6.30. The van der Waals surface area contributed by atoms with Gasteiger partial charge >= 0.3 is 0 Å². The normalized spacial score (nSPS) is 12.8. The van der Waals surface area contributed by atoms with Gasteiger partial charge in [-0.2, -0.15) is 0 Å². The molecule has 0 aliphatic rings. The van der Waals surface area contributed by atoms with Gasteiger partial charge in [0.15, 0.2) is 0 Å². The van der Waals surface area contributed by atoms with Crippen LogP contribution in [0.5, 0.6) is 0 Å². The second kappa shape index (κ2) is 3.53. The highest BCUT2D eigenvalue weighted by Crippen LogP contribution is 2.27. The molecule has 0 heterocycles. The summed E-state index contributed by atoms with van der Waals surface area (Å²) in [7, 11) is 2.77. The Morgan fingerprint density at radius 1 is 1.36 bits per heavy atom. The summed E-state index contributed by atoms with van der Waals surface area (Å²) < 4.78 is 0. The Labute approximate surface area is 71.3 Å². The monoisotopic (exact) mass is 175 g/mol. The highest BCUT2D eigenvalue weighted by Gasteiger charge is 2.24. The average Bonchev–Trinajstić information content (AvgIpc) is 1.55. The topological polar surface area (TPSA) is 29.1 Å². The fraction of sp³-hybridized carbons (Fsp3) is 0.875. The molecular formula is C8H18NOP. The summed E-state index contributed by atoms with van der Waals surface area (Å²) in [4.78, 5) is 10.2. The number of carbonyl (C=O) groups excluding carboxylic acids is 1. The van der Waals surface area contributed by atoms with Crippen molar-refractivity contribution in [3.05, 3.63) is 0 Å². The molecule has 0 bridgehead atoms. The SMILES string of the molecule is CC(C)(P)CC(C)(C)NC=O. The van der Waals surface area contributed by atoms with Crippen molar-refractivity contribution < 1.29 is 4.79 Å². The molecule has 0 spiro atoms. The van der Waals surface area contributed by atoms with E-state index < -0.39 is 0 Å². The largest absolute Gasteiger partial charge is 0.354 e. The molecule has 1 atom stereocenters. The van der Waals surface area contributed by atoms with Crippen molar-refractivity contribution in [1.82, 2.24) is 5.32 Å². The molecule has 0 aliphatic carbocycles. The van der Waals surface area contributed by atoms with Crippen LogP contribution in [0, 0.1) is 0 Å². The van der Waals surface area contributed by atoms with Crippen LogP contribution in [0.15, 0.2) is 0 Å². The van der Waals surface area contributed by atoms with Gasteiger partial charge in [-0.05, 0) is 25.4 Å². The Hall–Kier alpha value is -0.100. The summed E-state index contributed by atoms with van der Waals surface area (Å²) in [5, 5.41) is 2.96. The minimum absolute atomic E-state index is 0.104. The minimum Gasteiger partial charge on any atom is -0.354 e. The van der Waals surface area contributed by atoms with Crippen LogP contribution in [-0.4, -0.2) is 17.1 Å². The third-order valence-electron chi connectivity index (χ3n) is 1.35. The smallest absolute Gasteiger partial charge is 0.207 e. The molecule has 0 aromatic heterocycles. The van der Waals surface area contributed by atoms with E-state index in [1.165, 1.54) is 0 Å². The summed E-state index contributed by atoms with van der Waals surface area (Å²) >= 11 is 0. The Kier molecular flexibility index (Phi) is 3.50. The second-order valence-corrected chi connectivity index (χ2v) is 5.87. The number of rotatable bonds is 4. The van der Waals surface area contributed by atoms with Crippen molar-refractivity contribution in [2.24, 2.45) is 0 Å². The molecule has 0 aromatic carbocycles. The lowest BCUT2D eigenvalue weighted by Crippen LogP contribution is -2.42. The van der Waals surface area contributed by atoms with E-state index in [1.807, 2.05) is 13.8 Å². The molecule has 1 unspecified atom stereocenters. The zero-order valence-corrected chi connectivity index (χ0v) is 8.92. The Morgan fingerprint density at radius 2 is 1.82 bits per heavy atom. The molecule has 0 fully saturated rings. The zero-order chi connectivity index (χ0) is 9.12. The lowest BCUT2D eigenvalue weighted by Gasteiger charge is -2.31. The van der Waals surface area contributed by atoms with E-state index in [9.17, 15) is 4.79 Å². The highest BCUT2D eigenvalue weighted by atomic mass is 31.0. The fourth-order valence-corrected chi connectivity index (χ4v) is 1.86. The Morgan fingerprint density at radius 3 is 2.09 bits per heavy atom. The van der Waals surface area contributed by atoms with Crippen molar-refractivity contribution in [3.63, 3.8) is 0 Å². The maximum atomic E-state index is 10.2. The molecule has 66 valence electrons. The molecule has 1 amide bonds. The molecule has 3 heteroatoms. The van der Waals surface area contributed by atoms with Gasteiger partial charge in [-0.3, -0.25) is 4.79 Å². The van der Waals surface area contributed by atoms with Crippen molar-refractivity contribution in [1.29, 1.82) is 0 Å². The predicted octanol–water partition coefficient (Wildman–Crippen LogP) is 1.55. The van der Waals surface area contributed by atoms with Gasteiger partial charge in [0.25, 0.3) is 0 Å². The van der Waals surface area contributed by atoms with Crippen LogP contribution in [0.25, 0.3) is 0 Å². The quantitative estimate of drug-likeness (QED) is 0.510. The van der Waals surface area contributed by atoms with Gasteiger partial charge in [0.2, 0.25) is 6.41 Å². The molecule has 0 saturated heterocycles. The van der Waals surface area contributed by atoms with Crippen LogP contribution in [0.3, 0.4) is 0 Å². The summed E-state index contributed by atoms with van der Waals surface area (Å²) in [5.74, 6) is 0. The molecule has 1 N–H and O–H groups in total. The second-order valence-electron chi connectivity index (χ2n) is 4.31. The van der Waals surface area contributed by atoms with E-state index >= 15 is 0 Å². The number of hydrogen-bond donors (Lipinski definition) is 1. The molecular weight excluding hydrogens is 157 g/mol. The van der Waals surface area contributed by atoms with Crippen LogP contribution in [0.2, 0.25) is 0 Å². The van der Waals surface area contributed by atoms with E-state index in [0.29, 0.717) is 0 Å².